The van der Waals surface area contributed by atoms with E-state index < -0.39 is 0 Å². The molecule has 19 heavy (non-hydrogen) atoms. The smallest absolute Gasteiger partial charge is 1.00 e. The van der Waals surface area contributed by atoms with Gasteiger partial charge in [-0.25, -0.2) is 0 Å². The minimum Gasteiger partial charge on any atom is -1.00 e. The molecule has 0 saturated carbocycles. The molecule has 0 fully saturated rings. The van der Waals surface area contributed by atoms with Crippen LogP contribution in [0.5, 0.6) is 0 Å². The van der Waals surface area contributed by atoms with Crippen LogP contribution in [0.25, 0.3) is 6.08 Å². The van der Waals surface area contributed by atoms with Gasteiger partial charge in [-0.05, 0) is 0 Å². The Morgan fingerprint density at radius 2 is 1.79 bits per heavy atom. The summed E-state index contributed by atoms with van der Waals surface area (Å²) >= 11 is -0.204. The molecular weight excluding hydrogens is 370 g/mol. The Bertz CT molecular complexity index is 430. The molecule has 0 heterocycles. The van der Waals surface area contributed by atoms with Crippen LogP contribution in [0.2, 0.25) is 13.1 Å². The van der Waals surface area contributed by atoms with Gasteiger partial charge in [-0.2, -0.15) is 0 Å². The van der Waals surface area contributed by atoms with E-state index in [1.165, 1.54) is 12.0 Å². The summed E-state index contributed by atoms with van der Waals surface area (Å²) in [5, 5.41) is 0. The molecule has 1 aromatic rings. The monoisotopic (exact) mass is 390 g/mol. The van der Waals surface area contributed by atoms with Crippen LogP contribution < -0.4 is 24.8 Å². The number of fused-ring (bicyclic) bond motifs is 1. The van der Waals surface area contributed by atoms with Gasteiger partial charge in [0.15, 0.2) is 0 Å². The van der Waals surface area contributed by atoms with Gasteiger partial charge in [-0.1, -0.05) is 0 Å². The Morgan fingerprint density at radius 1 is 1.16 bits per heavy atom. The minimum absolute atomic E-state index is 0. The van der Waals surface area contributed by atoms with E-state index in [0.717, 1.165) is 9.54 Å². The molecule has 104 valence electrons. The number of allylic oxidation sites excluding steroid dienone is 1. The second kappa shape index (κ2) is 8.82. The first kappa shape index (κ1) is 19.6. The molecule has 0 nitrogen and oxygen atoms in total. The molecule has 1 aliphatic carbocycles. The molecule has 1 aromatic carbocycles. The second-order valence-electron chi connectivity index (χ2n) is 5.70. The fourth-order valence-electron chi connectivity index (χ4n) is 2.57. The van der Waals surface area contributed by atoms with Gasteiger partial charge in [0.1, 0.15) is 0 Å². The van der Waals surface area contributed by atoms with E-state index in [0.29, 0.717) is 0 Å². The topological polar surface area (TPSA) is 0 Å². The summed E-state index contributed by atoms with van der Waals surface area (Å²) in [6.07, 6.45) is 3.80. The Balaban J connectivity index is 0.00000162. The van der Waals surface area contributed by atoms with Crippen LogP contribution in [0, 0.1) is 5.92 Å². The van der Waals surface area contributed by atoms with Crippen LogP contribution in [0.3, 0.4) is 0 Å². The van der Waals surface area contributed by atoms with Gasteiger partial charge in [0, 0.05) is 0 Å². The van der Waals surface area contributed by atoms with E-state index in [2.05, 4.69) is 57.3 Å². The molecule has 1 atom stereocenters. The van der Waals surface area contributed by atoms with Crippen molar-refractivity contribution in [1.82, 2.24) is 0 Å². The first-order chi connectivity index (χ1) is 8.08. The normalized spacial score (nSPS) is 16.3. The van der Waals surface area contributed by atoms with Crippen LogP contribution in [0.15, 0.2) is 29.8 Å². The Hall–Kier alpha value is 0.640. The maximum atomic E-state index is 2.54. The molecule has 0 amide bonds. The standard InChI is InChI=1S/C13H15.C2H7Si.2ClH.Zr/c1-10(2)7-11-8-12-5-3-4-6-13(12)9-11;1-3-2;;;/h3-6,8-10H,7H2,1-2H3;3H,1-2H3;2*1H;/q;;;;+2/p-2. The molecule has 0 bridgehead atoms. The van der Waals surface area contributed by atoms with Gasteiger partial charge < -0.3 is 24.8 Å². The molecule has 1 aliphatic rings. The quantitative estimate of drug-likeness (QED) is 0.533. The van der Waals surface area contributed by atoms with Crippen molar-refractivity contribution >= 4 is 12.0 Å². The predicted molar refractivity (Wildman–Crippen MR) is 75.5 cm³/mol. The zero-order valence-corrected chi connectivity index (χ0v) is 17.2. The SMILES string of the molecule is CC(C)CC1=Cc2ccccc2[CH]1[Zr+2][SiH](C)C.[Cl-].[Cl-]. The fraction of sp³-hybridized carbons (Fsp3) is 0.467. The zero-order chi connectivity index (χ0) is 12.4. The molecule has 1 unspecified atom stereocenters. The Kier molecular flexibility index (Phi) is 9.12. The van der Waals surface area contributed by atoms with Gasteiger partial charge in [-0.15, -0.1) is 0 Å². The van der Waals surface area contributed by atoms with Crippen LogP contribution >= 0.6 is 0 Å². The van der Waals surface area contributed by atoms with Gasteiger partial charge in [0.25, 0.3) is 0 Å². The van der Waals surface area contributed by atoms with E-state index in [1.807, 2.05) is 0 Å². The van der Waals surface area contributed by atoms with Crippen molar-refractivity contribution in [3.63, 3.8) is 0 Å². The fourth-order valence-corrected chi connectivity index (χ4v) is 12.6. The summed E-state index contributed by atoms with van der Waals surface area (Å²) in [5.41, 5.74) is 4.94. The van der Waals surface area contributed by atoms with Crippen molar-refractivity contribution in [3.05, 3.63) is 41.0 Å². The Morgan fingerprint density at radius 3 is 2.37 bits per heavy atom. The molecule has 0 aromatic heterocycles. The average molecular weight is 393 g/mol. The number of rotatable bonds is 4. The molecule has 0 N–H and O–H groups in total. The van der Waals surface area contributed by atoms with Crippen molar-refractivity contribution in [2.75, 3.05) is 0 Å². The summed E-state index contributed by atoms with van der Waals surface area (Å²) in [5.74, 6) is 0.460. The van der Waals surface area contributed by atoms with Crippen molar-refractivity contribution in [3.8, 4) is 0 Å². The van der Waals surface area contributed by atoms with Crippen molar-refractivity contribution in [2.45, 2.75) is 37.0 Å². The van der Waals surface area contributed by atoms with E-state index >= 15 is 0 Å². The van der Waals surface area contributed by atoms with Crippen molar-refractivity contribution < 1.29 is 47.2 Å². The van der Waals surface area contributed by atoms with Gasteiger partial charge >= 0.3 is 118 Å². The first-order valence-electron chi connectivity index (χ1n) is 6.63. The average Bonchev–Trinajstić information content (AvgIpc) is 2.55. The predicted octanol–water partition coefficient (Wildman–Crippen LogP) is -1.76. The van der Waals surface area contributed by atoms with E-state index in [1.54, 1.807) is 11.1 Å². The number of benzene rings is 1. The van der Waals surface area contributed by atoms with E-state index in [9.17, 15) is 0 Å². The van der Waals surface area contributed by atoms with Crippen LogP contribution in [-0.2, 0) is 22.4 Å². The molecule has 0 spiro atoms. The summed E-state index contributed by atoms with van der Waals surface area (Å²) in [6.45, 7) is 9.78. The van der Waals surface area contributed by atoms with E-state index in [4.69, 9.17) is 0 Å². The number of halogens is 2. The third kappa shape index (κ3) is 5.16. The second-order valence-corrected chi connectivity index (χ2v) is 20.7. The molecule has 0 radical (unpaired) electrons. The maximum absolute atomic E-state index is 2.54. The minimum atomic E-state index is -0.337. The third-order valence-corrected chi connectivity index (χ3v) is 13.2. The number of hydrogen-bond acceptors (Lipinski definition) is 0. The van der Waals surface area contributed by atoms with Gasteiger partial charge in [0.05, 0.1) is 0 Å². The summed E-state index contributed by atoms with van der Waals surface area (Å²) < 4.78 is 0.906. The van der Waals surface area contributed by atoms with Crippen molar-refractivity contribution in [2.24, 2.45) is 5.92 Å². The maximum Gasteiger partial charge on any atom is -1.00 e. The van der Waals surface area contributed by atoms with E-state index in [-0.39, 0.29) is 53.1 Å². The molecule has 2 rings (SSSR count). The van der Waals surface area contributed by atoms with Crippen molar-refractivity contribution in [1.29, 1.82) is 0 Å². The zero-order valence-electron chi connectivity index (χ0n) is 12.1. The molecule has 0 saturated heterocycles. The Labute approximate surface area is 142 Å². The van der Waals surface area contributed by atoms with Gasteiger partial charge in [-0.3, -0.25) is 0 Å². The van der Waals surface area contributed by atoms with Crippen LogP contribution in [0.1, 0.15) is 35.0 Å². The molecule has 0 aliphatic heterocycles. The first-order valence-corrected chi connectivity index (χ1v) is 15.2. The number of hydrogen-bond donors (Lipinski definition) is 0. The van der Waals surface area contributed by atoms with Crippen LogP contribution in [0.4, 0.5) is 0 Å². The molecular formula is C15H22Cl2SiZr. The van der Waals surface area contributed by atoms with Gasteiger partial charge in [0.2, 0.25) is 0 Å². The third-order valence-electron chi connectivity index (χ3n) is 3.16. The summed E-state index contributed by atoms with van der Waals surface area (Å²) in [7, 11) is 0. The summed E-state index contributed by atoms with van der Waals surface area (Å²) in [4.78, 5) is 0. The largest absolute Gasteiger partial charge is 1.00 e. The van der Waals surface area contributed by atoms with Crippen LogP contribution in [-0.4, -0.2) is 5.92 Å². The summed E-state index contributed by atoms with van der Waals surface area (Å²) in [6, 6.07) is 9.08. The molecule has 4 heteroatoms.